The number of H-pyrrole nitrogens is 2. The molecule has 0 spiro atoms. The highest BCUT2D eigenvalue weighted by molar-refractivity contribution is 9.10. The molecule has 220 valence electrons. The number of aromatic amines is 2. The molecule has 4 aromatic rings. The van der Waals surface area contributed by atoms with Crippen molar-refractivity contribution in [1.82, 2.24) is 19.9 Å². The number of benzene rings is 2. The zero-order valence-electron chi connectivity index (χ0n) is 24.0. The molecular weight excluding hydrogens is 594 g/mol. The van der Waals surface area contributed by atoms with Gasteiger partial charge in [0.1, 0.15) is 17.2 Å². The monoisotopic (exact) mass is 629 g/mol. The molecule has 2 aromatic heterocycles. The number of aliphatic carboxylic acids is 2. The summed E-state index contributed by atoms with van der Waals surface area (Å²) < 4.78 is 0.890. The zero-order valence-corrected chi connectivity index (χ0v) is 25.5. The van der Waals surface area contributed by atoms with Crippen LogP contribution in [0.3, 0.4) is 0 Å². The predicted octanol–water partition coefficient (Wildman–Crippen LogP) is 4.20. The van der Waals surface area contributed by atoms with Crippen molar-refractivity contribution in [3.8, 4) is 0 Å². The minimum atomic E-state index is -1.08. The lowest BCUT2D eigenvalue weighted by Crippen LogP contribution is -2.41. The lowest BCUT2D eigenvalue weighted by molar-refractivity contribution is -0.146. The first-order chi connectivity index (χ1) is 19.0. The SMILES string of the molecule is CC(C)(N)C(=O)O.CCc1nc2ccc(Br)cc2c(=O)[nH]1.CCc1nc2ccc(CC(C)(C)C(=O)O)cc2c(=O)[nH]1. The summed E-state index contributed by atoms with van der Waals surface area (Å²) in [6.07, 6.45) is 1.77. The van der Waals surface area contributed by atoms with Crippen LogP contribution in [0.25, 0.3) is 21.8 Å². The van der Waals surface area contributed by atoms with Crippen LogP contribution in [0.1, 0.15) is 58.8 Å². The Kier molecular flexibility index (Phi) is 11.1. The highest BCUT2D eigenvalue weighted by Crippen LogP contribution is 2.23. The smallest absolute Gasteiger partial charge is 0.323 e. The maximum Gasteiger partial charge on any atom is 0.323 e. The number of nitrogens with one attached hydrogen (secondary N) is 2. The van der Waals surface area contributed by atoms with Crippen molar-refractivity contribution in [2.75, 3.05) is 0 Å². The van der Waals surface area contributed by atoms with E-state index < -0.39 is 22.9 Å². The molecule has 0 atom stereocenters. The third-order valence-corrected chi connectivity index (χ3v) is 6.47. The van der Waals surface area contributed by atoms with Gasteiger partial charge in [0.15, 0.2) is 0 Å². The molecule has 0 saturated carbocycles. The van der Waals surface area contributed by atoms with Gasteiger partial charge in [-0.2, -0.15) is 0 Å². The van der Waals surface area contributed by atoms with E-state index in [1.54, 1.807) is 32.0 Å². The quantitative estimate of drug-likeness (QED) is 0.208. The second-order valence-corrected chi connectivity index (χ2v) is 11.6. The topological polar surface area (TPSA) is 192 Å². The van der Waals surface area contributed by atoms with Crippen molar-refractivity contribution in [1.29, 1.82) is 0 Å². The first-order valence-corrected chi connectivity index (χ1v) is 13.7. The van der Waals surface area contributed by atoms with Crippen molar-refractivity contribution in [2.24, 2.45) is 11.1 Å². The van der Waals surface area contributed by atoms with E-state index in [0.717, 1.165) is 27.8 Å². The van der Waals surface area contributed by atoms with Gasteiger partial charge in [-0.1, -0.05) is 35.8 Å². The first-order valence-electron chi connectivity index (χ1n) is 12.9. The lowest BCUT2D eigenvalue weighted by atomic mass is 9.86. The maximum absolute atomic E-state index is 12.0. The van der Waals surface area contributed by atoms with Gasteiger partial charge in [0.25, 0.3) is 11.1 Å². The second kappa shape index (κ2) is 13.6. The van der Waals surface area contributed by atoms with E-state index in [4.69, 9.17) is 15.9 Å². The van der Waals surface area contributed by atoms with Gasteiger partial charge in [-0.25, -0.2) is 9.97 Å². The van der Waals surface area contributed by atoms with E-state index in [2.05, 4.69) is 35.9 Å². The molecule has 0 aliphatic heterocycles. The number of aromatic nitrogens is 4. The number of carboxylic acids is 2. The van der Waals surface area contributed by atoms with Crippen LogP contribution in [0.2, 0.25) is 0 Å². The van der Waals surface area contributed by atoms with Gasteiger partial charge in [-0.15, -0.1) is 0 Å². The van der Waals surface area contributed by atoms with Gasteiger partial charge >= 0.3 is 11.9 Å². The molecule has 2 heterocycles. The minimum absolute atomic E-state index is 0.0758. The lowest BCUT2D eigenvalue weighted by Gasteiger charge is -2.19. The fraction of sp³-hybridized carbons (Fsp3) is 0.379. The zero-order chi connectivity index (χ0) is 31.1. The molecule has 41 heavy (non-hydrogen) atoms. The summed E-state index contributed by atoms with van der Waals surface area (Å²) in [5, 5.41) is 18.4. The van der Waals surface area contributed by atoms with Gasteiger partial charge in [-0.3, -0.25) is 19.2 Å². The summed E-state index contributed by atoms with van der Waals surface area (Å²) in [5.41, 5.74) is 5.08. The number of carbonyl (C=O) groups is 2. The summed E-state index contributed by atoms with van der Waals surface area (Å²) in [4.78, 5) is 58.8. The maximum atomic E-state index is 12.0. The van der Waals surface area contributed by atoms with E-state index in [1.165, 1.54) is 13.8 Å². The van der Waals surface area contributed by atoms with Crippen molar-refractivity contribution >= 4 is 49.7 Å². The van der Waals surface area contributed by atoms with Crippen molar-refractivity contribution in [2.45, 2.75) is 66.3 Å². The molecule has 12 heteroatoms. The molecule has 0 aliphatic rings. The number of nitrogens with zero attached hydrogens (tertiary/aromatic N) is 2. The third-order valence-electron chi connectivity index (χ3n) is 5.98. The molecule has 4 rings (SSSR count). The molecule has 0 fully saturated rings. The Morgan fingerprint density at radius 2 is 1.27 bits per heavy atom. The van der Waals surface area contributed by atoms with E-state index in [-0.39, 0.29) is 11.1 Å². The van der Waals surface area contributed by atoms with Crippen LogP contribution < -0.4 is 16.9 Å². The number of aryl methyl sites for hydroxylation is 2. The molecule has 0 amide bonds. The van der Waals surface area contributed by atoms with Crippen LogP contribution in [0.4, 0.5) is 0 Å². The third kappa shape index (κ3) is 9.32. The molecule has 6 N–H and O–H groups in total. The second-order valence-electron chi connectivity index (χ2n) is 10.6. The van der Waals surface area contributed by atoms with Crippen LogP contribution in [0.5, 0.6) is 0 Å². The fourth-order valence-electron chi connectivity index (χ4n) is 3.42. The Labute approximate surface area is 245 Å². The number of hydrogen-bond donors (Lipinski definition) is 5. The van der Waals surface area contributed by atoms with E-state index in [9.17, 15) is 19.2 Å². The average molecular weight is 631 g/mol. The summed E-state index contributed by atoms with van der Waals surface area (Å²) >= 11 is 3.32. The van der Waals surface area contributed by atoms with Gasteiger partial charge in [0.05, 0.1) is 27.2 Å². The molecule has 0 bridgehead atoms. The first kappa shape index (κ1) is 33.3. The van der Waals surface area contributed by atoms with Crippen molar-refractivity contribution in [3.05, 3.63) is 78.8 Å². The Morgan fingerprint density at radius 3 is 1.68 bits per heavy atom. The Morgan fingerprint density at radius 1 is 0.829 bits per heavy atom. The van der Waals surface area contributed by atoms with Crippen molar-refractivity contribution in [3.63, 3.8) is 0 Å². The van der Waals surface area contributed by atoms with Crippen LogP contribution in [0.15, 0.2) is 50.5 Å². The Hall–Kier alpha value is -3.90. The molecule has 0 radical (unpaired) electrons. The minimum Gasteiger partial charge on any atom is -0.481 e. The summed E-state index contributed by atoms with van der Waals surface area (Å²) in [7, 11) is 0. The number of hydrogen-bond acceptors (Lipinski definition) is 7. The van der Waals surface area contributed by atoms with Gasteiger partial charge < -0.3 is 25.9 Å². The van der Waals surface area contributed by atoms with Gasteiger partial charge in [0, 0.05) is 17.3 Å². The van der Waals surface area contributed by atoms with E-state index >= 15 is 0 Å². The highest BCUT2D eigenvalue weighted by atomic mass is 79.9. The Balaban J connectivity index is 0.000000242. The normalized spacial score (nSPS) is 11.3. The van der Waals surface area contributed by atoms with Crippen LogP contribution in [-0.2, 0) is 28.9 Å². The summed E-state index contributed by atoms with van der Waals surface area (Å²) in [6, 6.07) is 10.8. The van der Waals surface area contributed by atoms with Crippen LogP contribution >= 0.6 is 15.9 Å². The van der Waals surface area contributed by atoms with Gasteiger partial charge in [0.2, 0.25) is 0 Å². The number of rotatable bonds is 6. The average Bonchev–Trinajstić information content (AvgIpc) is 2.89. The number of fused-ring (bicyclic) bond motifs is 2. The fourth-order valence-corrected chi connectivity index (χ4v) is 3.79. The number of halogens is 1. The number of nitrogens with two attached hydrogens (primary N) is 1. The van der Waals surface area contributed by atoms with Crippen LogP contribution in [0, 0.1) is 5.41 Å². The summed E-state index contributed by atoms with van der Waals surface area (Å²) in [6.45, 7) is 10.1. The largest absolute Gasteiger partial charge is 0.481 e. The van der Waals surface area contributed by atoms with E-state index in [1.807, 2.05) is 32.0 Å². The molecule has 11 nitrogen and oxygen atoms in total. The van der Waals surface area contributed by atoms with Crippen molar-refractivity contribution < 1.29 is 19.8 Å². The molecule has 0 aliphatic carbocycles. The molecule has 2 aromatic carbocycles. The van der Waals surface area contributed by atoms with E-state index in [0.29, 0.717) is 35.0 Å². The number of carboxylic acid groups (broad SMARTS) is 2. The Bertz CT molecular complexity index is 1670. The molecule has 0 saturated heterocycles. The van der Waals surface area contributed by atoms with Crippen LogP contribution in [-0.4, -0.2) is 47.6 Å². The summed E-state index contributed by atoms with van der Waals surface area (Å²) in [5.74, 6) is -0.454. The molecule has 0 unspecified atom stereocenters. The standard InChI is InChI=1S/C15H18N2O3.C10H9BrN2O.C4H9NO2/c1-4-12-16-11-6-5-9(7-10(11)13(18)17-12)8-15(2,3)14(19)20;1-2-9-12-8-4-3-6(11)5-7(8)10(14)13-9;1-4(2,5)3(6)7/h5-7H,4,8H2,1-3H3,(H,19,20)(H,16,17,18);3-5H,2H2,1H3,(H,12,13,14);5H2,1-2H3,(H,6,7). The van der Waals surface area contributed by atoms with Gasteiger partial charge in [-0.05, 0) is 70.0 Å². The predicted molar refractivity (Wildman–Crippen MR) is 162 cm³/mol. The highest BCUT2D eigenvalue weighted by Gasteiger charge is 2.27. The molecular formula is C29H36BrN5O6.